The lowest BCUT2D eigenvalue weighted by Crippen LogP contribution is -2.34. The molecule has 2 aromatic rings. The molecule has 5 nitrogen and oxygen atoms in total. The highest BCUT2D eigenvalue weighted by atomic mass is 19.1. The van der Waals surface area contributed by atoms with Gasteiger partial charge in [-0.15, -0.1) is 0 Å². The highest BCUT2D eigenvalue weighted by molar-refractivity contribution is 5.78. The Bertz CT molecular complexity index is 835. The molecule has 0 fully saturated rings. The van der Waals surface area contributed by atoms with Gasteiger partial charge in [-0.2, -0.15) is 0 Å². The van der Waals surface area contributed by atoms with E-state index >= 15 is 0 Å². The molecule has 0 aliphatic heterocycles. The topological polar surface area (TPSA) is 48.0 Å². The molecule has 0 radical (unpaired) electrons. The Morgan fingerprint density at radius 1 is 1.07 bits per heavy atom. The van der Waals surface area contributed by atoms with Crippen LogP contribution in [0.2, 0.25) is 0 Å². The summed E-state index contributed by atoms with van der Waals surface area (Å²) in [5.74, 6) is 0.582. The van der Waals surface area contributed by atoms with Gasteiger partial charge in [0.05, 0.1) is 14.2 Å². The molecule has 28 heavy (non-hydrogen) atoms. The number of methoxy groups -OCH3 is 2. The van der Waals surface area contributed by atoms with Crippen LogP contribution in [0.5, 0.6) is 17.2 Å². The number of carbonyl (C=O) groups is 1. The maximum absolute atomic E-state index is 13.9. The van der Waals surface area contributed by atoms with Crippen molar-refractivity contribution in [3.63, 3.8) is 0 Å². The number of likely N-dealkylation sites (N-methyl/N-ethyl adjacent to an activating group) is 1. The second-order valence-corrected chi connectivity index (χ2v) is 6.08. The summed E-state index contributed by atoms with van der Waals surface area (Å²) in [6.45, 7) is 4.43. The maximum Gasteiger partial charge on any atom is 0.260 e. The molecule has 1 amide bonds. The zero-order chi connectivity index (χ0) is 20.5. The van der Waals surface area contributed by atoms with E-state index in [9.17, 15) is 9.18 Å². The molecule has 2 rings (SSSR count). The van der Waals surface area contributed by atoms with Gasteiger partial charge < -0.3 is 19.1 Å². The summed E-state index contributed by atoms with van der Waals surface area (Å²) in [7, 11) is 2.97. The molecule has 0 saturated carbocycles. The SMILES string of the molecule is C/C=C/c1ccc(OCC(=O)N(CC)Cc2ccc(OC)c(F)c2)c(OC)c1. The lowest BCUT2D eigenvalue weighted by Gasteiger charge is -2.21. The summed E-state index contributed by atoms with van der Waals surface area (Å²) in [6, 6.07) is 10.2. The highest BCUT2D eigenvalue weighted by Crippen LogP contribution is 2.28. The third-order valence-electron chi connectivity index (χ3n) is 4.22. The molecular weight excluding hydrogens is 361 g/mol. The number of carbonyl (C=O) groups excluding carboxylic acids is 1. The Morgan fingerprint density at radius 2 is 1.79 bits per heavy atom. The lowest BCUT2D eigenvalue weighted by molar-refractivity contribution is -0.133. The number of amides is 1. The van der Waals surface area contributed by atoms with Gasteiger partial charge in [0.25, 0.3) is 5.91 Å². The molecule has 0 spiro atoms. The predicted molar refractivity (Wildman–Crippen MR) is 107 cm³/mol. The number of rotatable bonds is 9. The number of hydrogen-bond donors (Lipinski definition) is 0. The average Bonchev–Trinajstić information content (AvgIpc) is 2.71. The van der Waals surface area contributed by atoms with Crippen molar-refractivity contribution in [3.05, 3.63) is 59.4 Å². The van der Waals surface area contributed by atoms with Crippen molar-refractivity contribution in [2.24, 2.45) is 0 Å². The van der Waals surface area contributed by atoms with Gasteiger partial charge in [0.15, 0.2) is 29.7 Å². The second kappa shape index (κ2) is 10.3. The minimum absolute atomic E-state index is 0.133. The van der Waals surface area contributed by atoms with Gasteiger partial charge in [0, 0.05) is 13.1 Å². The summed E-state index contributed by atoms with van der Waals surface area (Å²) in [6.07, 6.45) is 3.88. The molecule has 6 heteroatoms. The minimum Gasteiger partial charge on any atom is -0.494 e. The zero-order valence-corrected chi connectivity index (χ0v) is 16.7. The van der Waals surface area contributed by atoms with Crippen molar-refractivity contribution in [3.8, 4) is 17.2 Å². The molecular formula is C22H26FNO4. The molecule has 0 bridgehead atoms. The third kappa shape index (κ3) is 5.49. The van der Waals surface area contributed by atoms with Crippen molar-refractivity contribution in [1.29, 1.82) is 0 Å². The number of halogens is 1. The fourth-order valence-corrected chi connectivity index (χ4v) is 2.74. The molecule has 0 aromatic heterocycles. The minimum atomic E-state index is -0.453. The smallest absolute Gasteiger partial charge is 0.260 e. The van der Waals surface area contributed by atoms with Crippen LogP contribution in [0, 0.1) is 5.82 Å². The molecule has 0 saturated heterocycles. The Kier molecular flexibility index (Phi) is 7.87. The first-order valence-corrected chi connectivity index (χ1v) is 9.06. The molecule has 0 aliphatic rings. The second-order valence-electron chi connectivity index (χ2n) is 6.08. The van der Waals surface area contributed by atoms with Gasteiger partial charge in [0.2, 0.25) is 0 Å². The summed E-state index contributed by atoms with van der Waals surface area (Å²) in [5, 5.41) is 0. The van der Waals surface area contributed by atoms with Crippen molar-refractivity contribution < 1.29 is 23.4 Å². The summed E-state index contributed by atoms with van der Waals surface area (Å²) in [5.41, 5.74) is 1.66. The van der Waals surface area contributed by atoms with Gasteiger partial charge in [-0.3, -0.25) is 4.79 Å². The van der Waals surface area contributed by atoms with E-state index in [2.05, 4.69) is 0 Å². The van der Waals surface area contributed by atoms with E-state index in [4.69, 9.17) is 14.2 Å². The fraction of sp³-hybridized carbons (Fsp3) is 0.318. The van der Waals surface area contributed by atoms with Gasteiger partial charge >= 0.3 is 0 Å². The van der Waals surface area contributed by atoms with E-state index in [0.717, 1.165) is 5.56 Å². The van der Waals surface area contributed by atoms with E-state index in [1.165, 1.54) is 13.2 Å². The fourth-order valence-electron chi connectivity index (χ4n) is 2.74. The first kappa shape index (κ1) is 21.3. The molecule has 0 N–H and O–H groups in total. The number of nitrogens with zero attached hydrogens (tertiary/aromatic N) is 1. The normalized spacial score (nSPS) is 10.8. The number of hydrogen-bond acceptors (Lipinski definition) is 4. The van der Waals surface area contributed by atoms with Crippen molar-refractivity contribution in [2.45, 2.75) is 20.4 Å². The summed E-state index contributed by atoms with van der Waals surface area (Å²) in [4.78, 5) is 14.2. The van der Waals surface area contributed by atoms with Crippen LogP contribution in [-0.4, -0.2) is 38.2 Å². The van der Waals surface area contributed by atoms with Gasteiger partial charge in [-0.25, -0.2) is 4.39 Å². The van der Waals surface area contributed by atoms with Crippen LogP contribution in [0.4, 0.5) is 4.39 Å². The number of benzene rings is 2. The van der Waals surface area contributed by atoms with E-state index in [0.29, 0.717) is 23.6 Å². The van der Waals surface area contributed by atoms with E-state index in [1.807, 2.05) is 38.1 Å². The van der Waals surface area contributed by atoms with E-state index < -0.39 is 5.82 Å². The Hall–Kier alpha value is -3.02. The lowest BCUT2D eigenvalue weighted by atomic mass is 10.2. The van der Waals surface area contributed by atoms with E-state index in [-0.39, 0.29) is 24.8 Å². The summed E-state index contributed by atoms with van der Waals surface area (Å²) >= 11 is 0. The van der Waals surface area contributed by atoms with Crippen LogP contribution < -0.4 is 14.2 Å². The first-order valence-electron chi connectivity index (χ1n) is 9.06. The predicted octanol–water partition coefficient (Wildman–Crippen LogP) is 4.30. The van der Waals surface area contributed by atoms with Crippen molar-refractivity contribution in [2.75, 3.05) is 27.4 Å². The third-order valence-corrected chi connectivity index (χ3v) is 4.22. The maximum atomic E-state index is 13.9. The van der Waals surface area contributed by atoms with Gasteiger partial charge in [0.1, 0.15) is 0 Å². The van der Waals surface area contributed by atoms with Crippen molar-refractivity contribution in [1.82, 2.24) is 4.90 Å². The van der Waals surface area contributed by atoms with Crippen LogP contribution in [-0.2, 0) is 11.3 Å². The van der Waals surface area contributed by atoms with Crippen LogP contribution in [0.1, 0.15) is 25.0 Å². The van der Waals surface area contributed by atoms with Crippen LogP contribution in [0.15, 0.2) is 42.5 Å². The molecule has 0 heterocycles. The number of allylic oxidation sites excluding steroid dienone is 1. The molecule has 2 aromatic carbocycles. The van der Waals surface area contributed by atoms with E-state index in [1.54, 1.807) is 30.2 Å². The quantitative estimate of drug-likeness (QED) is 0.644. The average molecular weight is 387 g/mol. The van der Waals surface area contributed by atoms with Gasteiger partial charge in [-0.05, 0) is 49.2 Å². The molecule has 0 aliphatic carbocycles. The Morgan fingerprint density at radius 3 is 2.39 bits per heavy atom. The molecule has 150 valence electrons. The highest BCUT2D eigenvalue weighted by Gasteiger charge is 2.15. The molecule has 0 unspecified atom stereocenters. The number of ether oxygens (including phenoxy) is 3. The standard InChI is InChI=1S/C22H26FNO4/c1-5-7-16-8-11-20(21(13-16)27-4)28-15-22(25)24(6-2)14-17-9-10-19(26-3)18(23)12-17/h5,7-13H,6,14-15H2,1-4H3/b7-5+. The van der Waals surface area contributed by atoms with Crippen LogP contribution >= 0.6 is 0 Å². The largest absolute Gasteiger partial charge is 0.494 e. The molecule has 0 atom stereocenters. The Balaban J connectivity index is 2.03. The monoisotopic (exact) mass is 387 g/mol. The van der Waals surface area contributed by atoms with Gasteiger partial charge in [-0.1, -0.05) is 24.3 Å². The van der Waals surface area contributed by atoms with Crippen LogP contribution in [0.3, 0.4) is 0 Å². The first-order chi connectivity index (χ1) is 13.5. The van der Waals surface area contributed by atoms with Crippen molar-refractivity contribution >= 4 is 12.0 Å². The summed E-state index contributed by atoms with van der Waals surface area (Å²) < 4.78 is 29.8. The zero-order valence-electron chi connectivity index (χ0n) is 16.7. The Labute approximate surface area is 165 Å². The van der Waals surface area contributed by atoms with Crippen LogP contribution in [0.25, 0.3) is 6.08 Å².